The standard InChI is InChI=1S/C18H18O3/c1-20-16-9-5-8-15(18(16)21-2)17(19)14-10-12-6-3-4-7-13(12)11-14/h3-9,14H,10-11H2,1-2H3. The molecule has 0 heterocycles. The van der Waals surface area contributed by atoms with Crippen molar-refractivity contribution in [2.75, 3.05) is 14.2 Å². The minimum atomic E-state index is -0.0107. The summed E-state index contributed by atoms with van der Waals surface area (Å²) >= 11 is 0. The van der Waals surface area contributed by atoms with E-state index >= 15 is 0 Å². The van der Waals surface area contributed by atoms with E-state index in [4.69, 9.17) is 9.47 Å². The Labute approximate surface area is 124 Å². The largest absolute Gasteiger partial charge is 0.493 e. The van der Waals surface area contributed by atoms with Crippen LogP contribution in [0.3, 0.4) is 0 Å². The molecule has 0 bridgehead atoms. The fourth-order valence-corrected chi connectivity index (χ4v) is 3.05. The smallest absolute Gasteiger partial charge is 0.171 e. The molecular formula is C18H18O3. The molecule has 0 saturated carbocycles. The van der Waals surface area contributed by atoms with Gasteiger partial charge in [0, 0.05) is 5.92 Å². The Hall–Kier alpha value is -2.29. The molecule has 21 heavy (non-hydrogen) atoms. The normalized spacial score (nSPS) is 13.8. The highest BCUT2D eigenvalue weighted by Crippen LogP contribution is 2.35. The van der Waals surface area contributed by atoms with E-state index in [0.717, 1.165) is 12.8 Å². The number of Topliss-reactive ketones (excluding diaryl/α,β-unsaturated/α-hetero) is 1. The topological polar surface area (TPSA) is 35.5 Å². The van der Waals surface area contributed by atoms with E-state index in [-0.39, 0.29) is 11.7 Å². The number of rotatable bonds is 4. The average molecular weight is 282 g/mol. The summed E-state index contributed by atoms with van der Waals surface area (Å²) in [5.74, 6) is 1.24. The number of methoxy groups -OCH3 is 2. The van der Waals surface area contributed by atoms with Gasteiger partial charge in [-0.25, -0.2) is 0 Å². The van der Waals surface area contributed by atoms with E-state index in [9.17, 15) is 4.79 Å². The molecular weight excluding hydrogens is 264 g/mol. The summed E-state index contributed by atoms with van der Waals surface area (Å²) in [5.41, 5.74) is 3.16. The molecule has 108 valence electrons. The van der Waals surface area contributed by atoms with Crippen LogP contribution in [0.5, 0.6) is 11.5 Å². The van der Waals surface area contributed by atoms with Crippen molar-refractivity contribution in [1.29, 1.82) is 0 Å². The van der Waals surface area contributed by atoms with E-state index in [0.29, 0.717) is 17.1 Å². The van der Waals surface area contributed by atoms with Crippen molar-refractivity contribution in [3.05, 3.63) is 59.2 Å². The summed E-state index contributed by atoms with van der Waals surface area (Å²) in [6.07, 6.45) is 1.60. The van der Waals surface area contributed by atoms with Gasteiger partial charge < -0.3 is 9.47 Å². The monoisotopic (exact) mass is 282 g/mol. The van der Waals surface area contributed by atoms with Crippen LogP contribution >= 0.6 is 0 Å². The van der Waals surface area contributed by atoms with E-state index in [2.05, 4.69) is 12.1 Å². The number of para-hydroxylation sites is 1. The van der Waals surface area contributed by atoms with Gasteiger partial charge in [-0.3, -0.25) is 4.79 Å². The Balaban J connectivity index is 1.91. The zero-order valence-electron chi connectivity index (χ0n) is 12.3. The van der Waals surface area contributed by atoms with Crippen molar-refractivity contribution in [2.45, 2.75) is 12.8 Å². The first-order valence-electron chi connectivity index (χ1n) is 7.06. The van der Waals surface area contributed by atoms with Gasteiger partial charge in [0.1, 0.15) is 0 Å². The third-order valence-electron chi connectivity index (χ3n) is 4.09. The molecule has 1 aliphatic rings. The first-order chi connectivity index (χ1) is 10.2. The number of ether oxygens (including phenoxy) is 2. The lowest BCUT2D eigenvalue weighted by Crippen LogP contribution is -2.16. The molecule has 0 aliphatic heterocycles. The number of hydrogen-bond donors (Lipinski definition) is 0. The van der Waals surface area contributed by atoms with Crippen LogP contribution in [0.2, 0.25) is 0 Å². The SMILES string of the molecule is COc1cccc(C(=O)C2Cc3ccccc3C2)c1OC. The van der Waals surface area contributed by atoms with Gasteiger partial charge >= 0.3 is 0 Å². The zero-order valence-corrected chi connectivity index (χ0v) is 12.3. The first-order valence-corrected chi connectivity index (χ1v) is 7.06. The Bertz CT molecular complexity index is 651. The molecule has 0 N–H and O–H groups in total. The van der Waals surface area contributed by atoms with Gasteiger partial charge in [0.25, 0.3) is 0 Å². The third-order valence-corrected chi connectivity index (χ3v) is 4.09. The minimum absolute atomic E-state index is 0.0107. The summed E-state index contributed by atoms with van der Waals surface area (Å²) in [4.78, 5) is 12.8. The van der Waals surface area contributed by atoms with Crippen molar-refractivity contribution >= 4 is 5.78 Å². The van der Waals surface area contributed by atoms with E-state index in [1.807, 2.05) is 24.3 Å². The number of carbonyl (C=O) groups is 1. The summed E-state index contributed by atoms with van der Waals surface area (Å²) in [5, 5.41) is 0. The highest BCUT2D eigenvalue weighted by molar-refractivity contribution is 6.01. The maximum Gasteiger partial charge on any atom is 0.171 e. The van der Waals surface area contributed by atoms with Gasteiger partial charge in [0.15, 0.2) is 17.3 Å². The quantitative estimate of drug-likeness (QED) is 0.807. The minimum Gasteiger partial charge on any atom is -0.493 e. The molecule has 3 heteroatoms. The van der Waals surface area contributed by atoms with Gasteiger partial charge in [0.05, 0.1) is 19.8 Å². The molecule has 0 spiro atoms. The number of carbonyl (C=O) groups excluding carboxylic acids is 1. The second-order valence-electron chi connectivity index (χ2n) is 5.28. The summed E-state index contributed by atoms with van der Waals surface area (Å²) in [6.45, 7) is 0. The highest BCUT2D eigenvalue weighted by Gasteiger charge is 2.30. The van der Waals surface area contributed by atoms with Crippen LogP contribution in [-0.4, -0.2) is 20.0 Å². The van der Waals surface area contributed by atoms with Crippen LogP contribution in [0.25, 0.3) is 0 Å². The van der Waals surface area contributed by atoms with Gasteiger partial charge in [0.2, 0.25) is 0 Å². The van der Waals surface area contributed by atoms with Gasteiger partial charge in [-0.15, -0.1) is 0 Å². The Kier molecular flexibility index (Phi) is 3.65. The molecule has 3 nitrogen and oxygen atoms in total. The molecule has 0 unspecified atom stereocenters. The zero-order chi connectivity index (χ0) is 14.8. The fourth-order valence-electron chi connectivity index (χ4n) is 3.05. The Morgan fingerprint density at radius 2 is 1.62 bits per heavy atom. The van der Waals surface area contributed by atoms with E-state index < -0.39 is 0 Å². The predicted octanol–water partition coefficient (Wildman–Crippen LogP) is 3.30. The van der Waals surface area contributed by atoms with Crippen molar-refractivity contribution in [3.63, 3.8) is 0 Å². The van der Waals surface area contributed by atoms with Crippen LogP contribution in [0.15, 0.2) is 42.5 Å². The first kappa shape index (κ1) is 13.7. The van der Waals surface area contributed by atoms with Crippen molar-refractivity contribution in [1.82, 2.24) is 0 Å². The Morgan fingerprint density at radius 1 is 0.952 bits per heavy atom. The Morgan fingerprint density at radius 3 is 2.19 bits per heavy atom. The second kappa shape index (κ2) is 5.60. The molecule has 0 fully saturated rings. The lowest BCUT2D eigenvalue weighted by atomic mass is 9.94. The van der Waals surface area contributed by atoms with Crippen LogP contribution in [0.4, 0.5) is 0 Å². The molecule has 0 radical (unpaired) electrons. The number of hydrogen-bond acceptors (Lipinski definition) is 3. The molecule has 1 aliphatic carbocycles. The summed E-state index contributed by atoms with van der Waals surface area (Å²) in [6, 6.07) is 13.7. The predicted molar refractivity (Wildman–Crippen MR) is 81.2 cm³/mol. The van der Waals surface area contributed by atoms with Crippen LogP contribution in [0.1, 0.15) is 21.5 Å². The van der Waals surface area contributed by atoms with Crippen molar-refractivity contribution < 1.29 is 14.3 Å². The molecule has 2 aromatic rings. The fraction of sp³-hybridized carbons (Fsp3) is 0.278. The molecule has 0 amide bonds. The maximum atomic E-state index is 12.8. The second-order valence-corrected chi connectivity index (χ2v) is 5.28. The maximum absolute atomic E-state index is 12.8. The van der Waals surface area contributed by atoms with Crippen molar-refractivity contribution in [3.8, 4) is 11.5 Å². The van der Waals surface area contributed by atoms with Crippen LogP contribution in [-0.2, 0) is 12.8 Å². The highest BCUT2D eigenvalue weighted by atomic mass is 16.5. The number of benzene rings is 2. The molecule has 3 rings (SSSR count). The molecule has 0 atom stereocenters. The lowest BCUT2D eigenvalue weighted by molar-refractivity contribution is 0.0921. The molecule has 0 aromatic heterocycles. The average Bonchev–Trinajstić information content (AvgIpc) is 2.97. The molecule has 0 saturated heterocycles. The third kappa shape index (κ3) is 2.40. The van der Waals surface area contributed by atoms with Crippen LogP contribution < -0.4 is 9.47 Å². The van der Waals surface area contributed by atoms with E-state index in [1.54, 1.807) is 20.3 Å². The van der Waals surface area contributed by atoms with Crippen molar-refractivity contribution in [2.24, 2.45) is 5.92 Å². The summed E-state index contributed by atoms with van der Waals surface area (Å²) in [7, 11) is 3.15. The van der Waals surface area contributed by atoms with Gasteiger partial charge in [-0.05, 0) is 36.1 Å². The van der Waals surface area contributed by atoms with Crippen LogP contribution in [0, 0.1) is 5.92 Å². The number of ketones is 1. The number of fused-ring (bicyclic) bond motifs is 1. The van der Waals surface area contributed by atoms with Gasteiger partial charge in [-0.2, -0.15) is 0 Å². The molecule has 2 aromatic carbocycles. The van der Waals surface area contributed by atoms with Gasteiger partial charge in [-0.1, -0.05) is 30.3 Å². The lowest BCUT2D eigenvalue weighted by Gasteiger charge is -2.14. The van der Waals surface area contributed by atoms with E-state index in [1.165, 1.54) is 11.1 Å². The summed E-state index contributed by atoms with van der Waals surface area (Å²) < 4.78 is 10.7.